The average molecular weight is 186 g/mol. The molecule has 1 aliphatic heterocycles. The molecule has 0 aliphatic carbocycles. The molecule has 2 nitrogen and oxygen atoms in total. The highest BCUT2D eigenvalue weighted by Crippen LogP contribution is 2.09. The van der Waals surface area contributed by atoms with Gasteiger partial charge in [0.1, 0.15) is 0 Å². The molecular weight excluding hydrogens is 168 g/mol. The summed E-state index contributed by atoms with van der Waals surface area (Å²) in [6, 6.07) is 0. The number of likely N-dealkylation sites (tertiary alicyclic amines) is 1. The Hall–Kier alpha value is -0.150. The second-order valence-corrected chi connectivity index (χ2v) is 4.00. The lowest BCUT2D eigenvalue weighted by molar-refractivity contribution is 0.294. The van der Waals surface area contributed by atoms with E-state index in [0.717, 1.165) is 13.0 Å². The molecule has 70 valence electrons. The van der Waals surface area contributed by atoms with Crippen LogP contribution in [0.3, 0.4) is 0 Å². The van der Waals surface area contributed by atoms with Crippen LogP contribution in [-0.2, 0) is 0 Å². The maximum absolute atomic E-state index is 5.45. The minimum Gasteiger partial charge on any atom is -0.393 e. The maximum Gasteiger partial charge on any atom is 0.0740 e. The number of nitrogens with zero attached hydrogens (tertiary/aromatic N) is 1. The normalized spacial score (nSPS) is 20.3. The van der Waals surface area contributed by atoms with Gasteiger partial charge in [0.15, 0.2) is 0 Å². The summed E-state index contributed by atoms with van der Waals surface area (Å²) >= 11 is 4.85. The molecule has 0 unspecified atom stereocenters. The number of thiocarbonyl (C=S) groups is 1. The topological polar surface area (TPSA) is 29.3 Å². The molecule has 12 heavy (non-hydrogen) atoms. The quantitative estimate of drug-likeness (QED) is 0.678. The van der Waals surface area contributed by atoms with Crippen LogP contribution in [0.1, 0.15) is 32.1 Å². The Labute approximate surface area is 80.1 Å². The van der Waals surface area contributed by atoms with Crippen molar-refractivity contribution in [1.29, 1.82) is 0 Å². The fourth-order valence-electron chi connectivity index (χ4n) is 1.63. The summed E-state index contributed by atoms with van der Waals surface area (Å²) in [7, 11) is 0. The van der Waals surface area contributed by atoms with Crippen LogP contribution in [-0.4, -0.2) is 29.5 Å². The van der Waals surface area contributed by atoms with Gasteiger partial charge in [0.05, 0.1) is 4.99 Å². The number of hydrogen-bond donors (Lipinski definition) is 1. The van der Waals surface area contributed by atoms with Crippen molar-refractivity contribution in [3.63, 3.8) is 0 Å². The molecule has 1 fully saturated rings. The molecule has 2 N–H and O–H groups in total. The van der Waals surface area contributed by atoms with Crippen LogP contribution >= 0.6 is 12.2 Å². The monoisotopic (exact) mass is 186 g/mol. The van der Waals surface area contributed by atoms with E-state index >= 15 is 0 Å². The van der Waals surface area contributed by atoms with Gasteiger partial charge in [-0.15, -0.1) is 0 Å². The van der Waals surface area contributed by atoms with Gasteiger partial charge in [0.2, 0.25) is 0 Å². The predicted octanol–water partition coefficient (Wildman–Crippen LogP) is 1.54. The van der Waals surface area contributed by atoms with E-state index in [1.807, 2.05) is 0 Å². The highest BCUT2D eigenvalue weighted by atomic mass is 32.1. The first-order valence-electron chi connectivity index (χ1n) is 4.80. The van der Waals surface area contributed by atoms with E-state index < -0.39 is 0 Å². The van der Waals surface area contributed by atoms with Crippen LogP contribution in [0, 0.1) is 0 Å². The van der Waals surface area contributed by atoms with E-state index in [2.05, 4.69) is 4.90 Å². The first-order chi connectivity index (χ1) is 5.79. The molecule has 0 amide bonds. The van der Waals surface area contributed by atoms with Crippen LogP contribution in [0.2, 0.25) is 0 Å². The Morgan fingerprint density at radius 2 is 1.75 bits per heavy atom. The number of hydrogen-bond acceptors (Lipinski definition) is 2. The van der Waals surface area contributed by atoms with E-state index in [9.17, 15) is 0 Å². The largest absolute Gasteiger partial charge is 0.393 e. The Bertz CT molecular complexity index is 139. The summed E-state index contributed by atoms with van der Waals surface area (Å²) in [6.45, 7) is 3.54. The molecule has 0 saturated carbocycles. The summed E-state index contributed by atoms with van der Waals surface area (Å²) < 4.78 is 0. The van der Waals surface area contributed by atoms with Crippen LogP contribution in [0.25, 0.3) is 0 Å². The van der Waals surface area contributed by atoms with Gasteiger partial charge in [0.25, 0.3) is 0 Å². The second kappa shape index (κ2) is 5.49. The first-order valence-corrected chi connectivity index (χ1v) is 5.20. The zero-order valence-electron chi connectivity index (χ0n) is 7.59. The summed E-state index contributed by atoms with van der Waals surface area (Å²) in [5, 5.41) is 0. The standard InChI is InChI=1S/C9H18N2S/c10-9(12)5-8-11-6-3-1-2-4-7-11/h1-8H2,(H2,10,12). The third-order valence-electron chi connectivity index (χ3n) is 2.37. The van der Waals surface area contributed by atoms with Gasteiger partial charge in [-0.05, 0) is 25.9 Å². The molecule has 0 radical (unpaired) electrons. The molecule has 1 saturated heterocycles. The lowest BCUT2D eigenvalue weighted by atomic mass is 10.2. The van der Waals surface area contributed by atoms with Crippen molar-refractivity contribution in [2.24, 2.45) is 5.73 Å². The van der Waals surface area contributed by atoms with Gasteiger partial charge in [-0.3, -0.25) is 0 Å². The number of rotatable bonds is 3. The molecule has 0 aromatic heterocycles. The van der Waals surface area contributed by atoms with Crippen LogP contribution in [0.5, 0.6) is 0 Å². The third kappa shape index (κ3) is 4.02. The molecule has 1 heterocycles. The van der Waals surface area contributed by atoms with E-state index in [4.69, 9.17) is 18.0 Å². The van der Waals surface area contributed by atoms with Crippen LogP contribution in [0.4, 0.5) is 0 Å². The van der Waals surface area contributed by atoms with Gasteiger partial charge in [-0.1, -0.05) is 25.1 Å². The van der Waals surface area contributed by atoms with E-state index in [1.165, 1.54) is 38.8 Å². The molecule has 1 rings (SSSR count). The van der Waals surface area contributed by atoms with Crippen molar-refractivity contribution in [3.8, 4) is 0 Å². The highest BCUT2D eigenvalue weighted by molar-refractivity contribution is 7.80. The minimum absolute atomic E-state index is 0.652. The van der Waals surface area contributed by atoms with Crippen LogP contribution in [0.15, 0.2) is 0 Å². The number of nitrogens with two attached hydrogens (primary N) is 1. The fraction of sp³-hybridized carbons (Fsp3) is 0.889. The lowest BCUT2D eigenvalue weighted by Gasteiger charge is -2.18. The molecule has 0 spiro atoms. The smallest absolute Gasteiger partial charge is 0.0740 e. The predicted molar refractivity (Wildman–Crippen MR) is 56.3 cm³/mol. The summed E-state index contributed by atoms with van der Waals surface area (Å²) in [6.07, 6.45) is 6.36. The SMILES string of the molecule is NC(=S)CCN1CCCCCC1. The zero-order valence-corrected chi connectivity index (χ0v) is 8.41. The summed E-state index contributed by atoms with van der Waals surface area (Å²) in [5.74, 6) is 0. The van der Waals surface area contributed by atoms with E-state index in [0.29, 0.717) is 4.99 Å². The van der Waals surface area contributed by atoms with Gasteiger partial charge in [-0.2, -0.15) is 0 Å². The van der Waals surface area contributed by atoms with Crippen molar-refractivity contribution in [1.82, 2.24) is 4.90 Å². The molecule has 0 aromatic carbocycles. The molecule has 3 heteroatoms. The van der Waals surface area contributed by atoms with E-state index in [-0.39, 0.29) is 0 Å². The molecule has 1 aliphatic rings. The van der Waals surface area contributed by atoms with Gasteiger partial charge in [0, 0.05) is 13.0 Å². The molecule has 0 bridgehead atoms. The van der Waals surface area contributed by atoms with Crippen molar-refractivity contribution in [2.75, 3.05) is 19.6 Å². The van der Waals surface area contributed by atoms with Gasteiger partial charge in [-0.25, -0.2) is 0 Å². The van der Waals surface area contributed by atoms with Crippen molar-refractivity contribution >= 4 is 17.2 Å². The van der Waals surface area contributed by atoms with Crippen LogP contribution < -0.4 is 5.73 Å². The third-order valence-corrected chi connectivity index (χ3v) is 2.58. The first kappa shape index (κ1) is 9.93. The second-order valence-electron chi connectivity index (χ2n) is 3.47. The Morgan fingerprint density at radius 1 is 1.17 bits per heavy atom. The van der Waals surface area contributed by atoms with E-state index in [1.54, 1.807) is 0 Å². The highest BCUT2D eigenvalue weighted by Gasteiger charge is 2.07. The Kier molecular flexibility index (Phi) is 4.54. The van der Waals surface area contributed by atoms with Crippen molar-refractivity contribution in [2.45, 2.75) is 32.1 Å². The zero-order chi connectivity index (χ0) is 8.81. The van der Waals surface area contributed by atoms with Gasteiger partial charge >= 0.3 is 0 Å². The Morgan fingerprint density at radius 3 is 2.25 bits per heavy atom. The maximum atomic E-state index is 5.45. The summed E-state index contributed by atoms with van der Waals surface area (Å²) in [5.41, 5.74) is 5.45. The van der Waals surface area contributed by atoms with Gasteiger partial charge < -0.3 is 10.6 Å². The molecular formula is C9H18N2S. The average Bonchev–Trinajstić information content (AvgIpc) is 2.28. The fourth-order valence-corrected chi connectivity index (χ4v) is 1.72. The minimum atomic E-state index is 0.652. The Balaban J connectivity index is 2.16. The van der Waals surface area contributed by atoms with Crippen molar-refractivity contribution < 1.29 is 0 Å². The summed E-state index contributed by atoms with van der Waals surface area (Å²) in [4.78, 5) is 3.13. The lowest BCUT2D eigenvalue weighted by Crippen LogP contribution is -2.28. The molecule has 0 aromatic rings. The molecule has 0 atom stereocenters. The van der Waals surface area contributed by atoms with Crippen molar-refractivity contribution in [3.05, 3.63) is 0 Å².